The van der Waals surface area contributed by atoms with Crippen LogP contribution in [0.15, 0.2) is 29.4 Å². The molecular weight excluding hydrogens is 332 g/mol. The topological polar surface area (TPSA) is 51.0 Å². The van der Waals surface area contributed by atoms with E-state index in [1.165, 1.54) is 11.8 Å². The number of hydrogen-bond donors (Lipinski definition) is 0. The summed E-state index contributed by atoms with van der Waals surface area (Å²) in [4.78, 5) is 14.1. The van der Waals surface area contributed by atoms with E-state index in [4.69, 9.17) is 11.6 Å². The van der Waals surface area contributed by atoms with Gasteiger partial charge in [0.05, 0.1) is 5.75 Å². The summed E-state index contributed by atoms with van der Waals surface area (Å²) in [6, 6.07) is 7.55. The summed E-state index contributed by atoms with van der Waals surface area (Å²) < 4.78 is 2.03. The van der Waals surface area contributed by atoms with Crippen molar-refractivity contribution in [1.29, 1.82) is 0 Å². The molecule has 0 aliphatic carbocycles. The van der Waals surface area contributed by atoms with Gasteiger partial charge in [-0.2, -0.15) is 0 Å². The van der Waals surface area contributed by atoms with Crippen molar-refractivity contribution in [3.8, 4) is 11.4 Å². The number of nitrogens with zero attached hydrogens (tertiary/aromatic N) is 4. The molecule has 122 valence electrons. The van der Waals surface area contributed by atoms with Gasteiger partial charge in [-0.25, -0.2) is 0 Å². The minimum Gasteiger partial charge on any atom is -0.342 e. The number of halogens is 1. The van der Waals surface area contributed by atoms with Gasteiger partial charge in [-0.3, -0.25) is 4.79 Å². The van der Waals surface area contributed by atoms with Crippen LogP contribution in [0.3, 0.4) is 0 Å². The van der Waals surface area contributed by atoms with Gasteiger partial charge in [0.15, 0.2) is 11.0 Å². The average molecular weight is 351 g/mol. The molecule has 1 saturated heterocycles. The number of benzene rings is 1. The summed E-state index contributed by atoms with van der Waals surface area (Å²) >= 11 is 7.39. The van der Waals surface area contributed by atoms with Crippen molar-refractivity contribution in [2.24, 2.45) is 0 Å². The molecule has 2 heterocycles. The van der Waals surface area contributed by atoms with Gasteiger partial charge in [0.1, 0.15) is 0 Å². The van der Waals surface area contributed by atoms with Crippen molar-refractivity contribution >= 4 is 29.3 Å². The van der Waals surface area contributed by atoms with Crippen LogP contribution in [-0.4, -0.2) is 44.4 Å². The molecule has 0 radical (unpaired) electrons. The zero-order chi connectivity index (χ0) is 16.2. The fraction of sp³-hybridized carbons (Fsp3) is 0.438. The second kappa shape index (κ2) is 7.36. The van der Waals surface area contributed by atoms with Crippen molar-refractivity contribution in [2.45, 2.75) is 31.5 Å². The van der Waals surface area contributed by atoms with Crippen LogP contribution in [0.2, 0.25) is 5.02 Å². The Morgan fingerprint density at radius 1 is 1.22 bits per heavy atom. The van der Waals surface area contributed by atoms with E-state index in [1.807, 2.05) is 33.7 Å². The molecule has 0 unspecified atom stereocenters. The molecule has 23 heavy (non-hydrogen) atoms. The molecule has 1 aliphatic heterocycles. The highest BCUT2D eigenvalue weighted by molar-refractivity contribution is 7.99. The molecule has 0 N–H and O–H groups in total. The molecule has 1 aliphatic rings. The first kappa shape index (κ1) is 16.3. The van der Waals surface area contributed by atoms with E-state index < -0.39 is 0 Å². The minimum absolute atomic E-state index is 0.186. The number of hydrogen-bond acceptors (Lipinski definition) is 4. The monoisotopic (exact) mass is 350 g/mol. The van der Waals surface area contributed by atoms with Gasteiger partial charge in [0.2, 0.25) is 5.91 Å². The normalized spacial score (nSPS) is 14.4. The molecule has 0 atom stereocenters. The molecule has 0 saturated carbocycles. The first-order chi connectivity index (χ1) is 11.2. The number of aromatic nitrogens is 3. The van der Waals surface area contributed by atoms with Gasteiger partial charge in [0, 0.05) is 30.2 Å². The van der Waals surface area contributed by atoms with E-state index in [1.54, 1.807) is 0 Å². The summed E-state index contributed by atoms with van der Waals surface area (Å²) in [7, 11) is 0. The first-order valence-corrected chi connectivity index (χ1v) is 9.15. The van der Waals surface area contributed by atoms with E-state index in [0.717, 1.165) is 49.0 Å². The van der Waals surface area contributed by atoms with E-state index >= 15 is 0 Å². The van der Waals surface area contributed by atoms with E-state index in [-0.39, 0.29) is 5.91 Å². The maximum Gasteiger partial charge on any atom is 0.233 e. The van der Waals surface area contributed by atoms with Gasteiger partial charge in [0.25, 0.3) is 0 Å². The molecular formula is C16H19ClN4OS. The molecule has 0 spiro atoms. The maximum absolute atomic E-state index is 12.2. The summed E-state index contributed by atoms with van der Waals surface area (Å²) in [5.41, 5.74) is 0.974. The minimum atomic E-state index is 0.186. The third-order valence-electron chi connectivity index (χ3n) is 3.92. The van der Waals surface area contributed by atoms with Crippen molar-refractivity contribution in [2.75, 3.05) is 18.8 Å². The van der Waals surface area contributed by atoms with Crippen LogP contribution in [0, 0.1) is 0 Å². The van der Waals surface area contributed by atoms with Crippen LogP contribution in [0.1, 0.15) is 19.8 Å². The molecule has 1 aromatic carbocycles. The molecule has 7 heteroatoms. The zero-order valence-corrected chi connectivity index (χ0v) is 14.6. The van der Waals surface area contributed by atoms with Crippen molar-refractivity contribution in [3.05, 3.63) is 29.3 Å². The largest absolute Gasteiger partial charge is 0.342 e. The lowest BCUT2D eigenvalue weighted by molar-refractivity contribution is -0.127. The molecule has 1 fully saturated rings. The number of rotatable bonds is 5. The number of amides is 1. The van der Waals surface area contributed by atoms with Gasteiger partial charge in [-0.1, -0.05) is 23.4 Å². The molecule has 1 amide bonds. The third kappa shape index (κ3) is 3.70. The highest BCUT2D eigenvalue weighted by Crippen LogP contribution is 2.25. The van der Waals surface area contributed by atoms with Crippen molar-refractivity contribution in [3.63, 3.8) is 0 Å². The second-order valence-corrected chi connectivity index (χ2v) is 6.81. The summed E-state index contributed by atoms with van der Waals surface area (Å²) in [5, 5.41) is 10.0. The van der Waals surface area contributed by atoms with Gasteiger partial charge < -0.3 is 9.47 Å². The van der Waals surface area contributed by atoms with Crippen LogP contribution in [0.4, 0.5) is 0 Å². The van der Waals surface area contributed by atoms with E-state index in [2.05, 4.69) is 17.1 Å². The van der Waals surface area contributed by atoms with E-state index in [0.29, 0.717) is 10.8 Å². The molecule has 1 aromatic heterocycles. The first-order valence-electron chi connectivity index (χ1n) is 7.78. The Morgan fingerprint density at radius 2 is 1.91 bits per heavy atom. The lowest BCUT2D eigenvalue weighted by Crippen LogP contribution is -2.29. The molecule has 3 rings (SSSR count). The number of carbonyl (C=O) groups is 1. The van der Waals surface area contributed by atoms with Gasteiger partial charge in [-0.15, -0.1) is 10.2 Å². The smallest absolute Gasteiger partial charge is 0.233 e. The third-order valence-corrected chi connectivity index (χ3v) is 5.12. The SMILES string of the molecule is CCn1c(SCC(=O)N2CCCC2)nnc1-c1ccc(Cl)cc1. The Morgan fingerprint density at radius 3 is 2.57 bits per heavy atom. The Kier molecular flexibility index (Phi) is 5.23. The Labute approximate surface area is 145 Å². The van der Waals surface area contributed by atoms with Gasteiger partial charge >= 0.3 is 0 Å². The van der Waals surface area contributed by atoms with Crippen LogP contribution < -0.4 is 0 Å². The summed E-state index contributed by atoms with van der Waals surface area (Å²) in [6.45, 7) is 4.58. The molecule has 0 bridgehead atoms. The van der Waals surface area contributed by atoms with Crippen LogP contribution in [0.5, 0.6) is 0 Å². The van der Waals surface area contributed by atoms with E-state index in [9.17, 15) is 4.79 Å². The zero-order valence-electron chi connectivity index (χ0n) is 13.0. The maximum atomic E-state index is 12.2. The quantitative estimate of drug-likeness (QED) is 0.776. The number of thioether (sulfide) groups is 1. The second-order valence-electron chi connectivity index (χ2n) is 5.43. The fourth-order valence-corrected chi connectivity index (χ4v) is 3.71. The Balaban J connectivity index is 1.73. The number of likely N-dealkylation sites (tertiary alicyclic amines) is 1. The van der Waals surface area contributed by atoms with Gasteiger partial charge in [-0.05, 0) is 44.0 Å². The number of carbonyl (C=O) groups excluding carboxylic acids is 1. The fourth-order valence-electron chi connectivity index (χ4n) is 2.68. The van der Waals surface area contributed by atoms with Crippen LogP contribution >= 0.6 is 23.4 Å². The van der Waals surface area contributed by atoms with Crippen molar-refractivity contribution < 1.29 is 4.79 Å². The summed E-state index contributed by atoms with van der Waals surface area (Å²) in [6.07, 6.45) is 2.23. The van der Waals surface area contributed by atoms with Crippen molar-refractivity contribution in [1.82, 2.24) is 19.7 Å². The predicted octanol–water partition coefficient (Wildman–Crippen LogP) is 3.33. The Hall–Kier alpha value is -1.53. The standard InChI is InChI=1S/C16H19ClN4OS/c1-2-21-15(12-5-7-13(17)8-6-12)18-19-16(21)23-11-14(22)20-9-3-4-10-20/h5-8H,2-4,9-11H2,1H3. The van der Waals surface area contributed by atoms with Crippen LogP contribution in [0.25, 0.3) is 11.4 Å². The Bertz CT molecular complexity index is 680. The predicted molar refractivity (Wildman–Crippen MR) is 92.7 cm³/mol. The highest BCUT2D eigenvalue weighted by atomic mass is 35.5. The molecule has 5 nitrogen and oxygen atoms in total. The highest BCUT2D eigenvalue weighted by Gasteiger charge is 2.20. The lowest BCUT2D eigenvalue weighted by atomic mass is 10.2. The molecule has 2 aromatic rings. The van der Waals surface area contributed by atoms with Crippen LogP contribution in [-0.2, 0) is 11.3 Å². The summed E-state index contributed by atoms with van der Waals surface area (Å²) in [5.74, 6) is 1.41. The average Bonchev–Trinajstić information content (AvgIpc) is 3.22. The lowest BCUT2D eigenvalue weighted by Gasteiger charge is -2.14.